The number of phenolic OH excluding ortho intramolecular Hbond substituents is 1. The number of ketones is 1. The van der Waals surface area contributed by atoms with Gasteiger partial charge in [-0.2, -0.15) is 0 Å². The quantitative estimate of drug-likeness (QED) is 0.608. The van der Waals surface area contributed by atoms with Gasteiger partial charge in [0.1, 0.15) is 28.6 Å². The van der Waals surface area contributed by atoms with Crippen LogP contribution in [0, 0.1) is 0 Å². The summed E-state index contributed by atoms with van der Waals surface area (Å²) in [5, 5.41) is 9.82. The molecule has 1 N–H and O–H groups in total. The minimum atomic E-state index is -0.664. The van der Waals surface area contributed by atoms with Gasteiger partial charge in [-0.3, -0.25) is 4.79 Å². The van der Waals surface area contributed by atoms with Gasteiger partial charge in [-0.05, 0) is 24.3 Å². The first-order chi connectivity index (χ1) is 12.0. The Morgan fingerprint density at radius 2 is 1.60 bits per heavy atom. The van der Waals surface area contributed by atoms with Crippen molar-refractivity contribution in [3.63, 3.8) is 0 Å². The Morgan fingerprint density at radius 3 is 2.20 bits per heavy atom. The largest absolute Gasteiger partial charge is 0.507 e. The maximum absolute atomic E-state index is 12.3. The fourth-order valence-corrected chi connectivity index (χ4v) is 2.14. The molecule has 132 valence electrons. The molecular weight excluding hydrogens is 328 g/mol. The van der Waals surface area contributed by atoms with E-state index in [4.69, 9.17) is 14.2 Å². The molecule has 7 nitrogen and oxygen atoms in total. The summed E-state index contributed by atoms with van der Waals surface area (Å²) in [6.45, 7) is -0.264. The summed E-state index contributed by atoms with van der Waals surface area (Å²) >= 11 is 0. The highest BCUT2D eigenvalue weighted by atomic mass is 16.5. The predicted octanol–water partition coefficient (Wildman–Crippen LogP) is 2.46. The highest BCUT2D eigenvalue weighted by Gasteiger charge is 2.16. The fraction of sp³-hybridized carbons (Fsp3) is 0.222. The maximum Gasteiger partial charge on any atom is 0.341 e. The number of hydrogen-bond acceptors (Lipinski definition) is 7. The Bertz CT molecular complexity index is 783. The van der Waals surface area contributed by atoms with Crippen molar-refractivity contribution in [3.05, 3.63) is 47.5 Å². The topological polar surface area (TPSA) is 91.3 Å². The number of carbonyl (C=O) groups excluding carboxylic acids is 2. The monoisotopic (exact) mass is 346 g/mol. The first-order valence-electron chi connectivity index (χ1n) is 7.29. The van der Waals surface area contributed by atoms with Gasteiger partial charge in [0.15, 0.2) is 6.61 Å². The molecule has 0 unspecified atom stereocenters. The zero-order chi connectivity index (χ0) is 18.4. The van der Waals surface area contributed by atoms with Crippen LogP contribution in [0.5, 0.6) is 23.0 Å². The molecule has 0 aliphatic rings. The van der Waals surface area contributed by atoms with Gasteiger partial charge in [-0.1, -0.05) is 0 Å². The van der Waals surface area contributed by atoms with Crippen molar-refractivity contribution in [1.82, 2.24) is 0 Å². The molecular formula is C18H18O7. The lowest BCUT2D eigenvalue weighted by molar-refractivity contribution is 0.0597. The lowest BCUT2D eigenvalue weighted by atomic mass is 10.1. The van der Waals surface area contributed by atoms with Gasteiger partial charge in [0.2, 0.25) is 5.78 Å². The zero-order valence-corrected chi connectivity index (χ0v) is 14.1. The van der Waals surface area contributed by atoms with Gasteiger partial charge in [0.25, 0.3) is 0 Å². The van der Waals surface area contributed by atoms with Crippen LogP contribution in [0.25, 0.3) is 0 Å². The van der Waals surface area contributed by atoms with Crippen molar-refractivity contribution in [2.75, 3.05) is 27.9 Å². The smallest absolute Gasteiger partial charge is 0.341 e. The molecule has 2 aromatic carbocycles. The summed E-state index contributed by atoms with van der Waals surface area (Å²) in [5.41, 5.74) is 0.358. The molecule has 0 saturated carbocycles. The van der Waals surface area contributed by atoms with Gasteiger partial charge >= 0.3 is 5.97 Å². The Morgan fingerprint density at radius 1 is 0.920 bits per heavy atom. The van der Waals surface area contributed by atoms with E-state index in [1.165, 1.54) is 39.5 Å². The van der Waals surface area contributed by atoms with E-state index in [0.717, 1.165) is 0 Å². The molecule has 0 amide bonds. The molecule has 7 heteroatoms. The molecule has 0 spiro atoms. The molecule has 0 radical (unpaired) electrons. The number of phenols is 1. The van der Waals surface area contributed by atoms with Crippen molar-refractivity contribution in [3.8, 4) is 23.0 Å². The highest BCUT2D eigenvalue weighted by Crippen LogP contribution is 2.27. The number of Topliss-reactive ketones (excluding diaryl/α,β-unsaturated/α-hetero) is 1. The molecule has 0 fully saturated rings. The third kappa shape index (κ3) is 4.20. The standard InChI is InChI=1S/C18H18O7/c1-22-11-4-6-13(17(9-11)23-2)16(20)10-25-12-5-7-14(15(19)8-12)18(21)24-3/h4-9,19H,10H2,1-3H3. The van der Waals surface area contributed by atoms with Crippen LogP contribution in [0.4, 0.5) is 0 Å². The van der Waals surface area contributed by atoms with E-state index < -0.39 is 5.97 Å². The first kappa shape index (κ1) is 18.1. The van der Waals surface area contributed by atoms with Crippen LogP contribution in [0.15, 0.2) is 36.4 Å². The summed E-state index contributed by atoms with van der Waals surface area (Å²) in [5.74, 6) is -0.0848. The second kappa shape index (κ2) is 8.05. The first-order valence-corrected chi connectivity index (χ1v) is 7.29. The average Bonchev–Trinajstić information content (AvgIpc) is 2.64. The number of esters is 1. The number of aromatic hydroxyl groups is 1. The summed E-state index contributed by atoms with van der Waals surface area (Å²) < 4.78 is 20.2. The van der Waals surface area contributed by atoms with Gasteiger partial charge in [-0.15, -0.1) is 0 Å². The molecule has 2 aromatic rings. The molecule has 2 rings (SSSR count). The number of hydrogen-bond donors (Lipinski definition) is 1. The van der Waals surface area contributed by atoms with Gasteiger partial charge in [-0.25, -0.2) is 4.79 Å². The molecule has 0 saturated heterocycles. The van der Waals surface area contributed by atoms with Crippen molar-refractivity contribution in [2.45, 2.75) is 0 Å². The van der Waals surface area contributed by atoms with E-state index in [1.807, 2.05) is 0 Å². The third-order valence-electron chi connectivity index (χ3n) is 3.45. The van der Waals surface area contributed by atoms with Crippen LogP contribution in [-0.2, 0) is 4.74 Å². The van der Waals surface area contributed by atoms with E-state index in [0.29, 0.717) is 17.1 Å². The van der Waals surface area contributed by atoms with Gasteiger partial charge in [0.05, 0.1) is 26.9 Å². The molecule has 0 aliphatic heterocycles. The Kier molecular flexibility index (Phi) is 5.84. The van der Waals surface area contributed by atoms with Crippen molar-refractivity contribution >= 4 is 11.8 Å². The van der Waals surface area contributed by atoms with Crippen LogP contribution in [0.2, 0.25) is 0 Å². The van der Waals surface area contributed by atoms with Crippen LogP contribution >= 0.6 is 0 Å². The van der Waals surface area contributed by atoms with Crippen LogP contribution < -0.4 is 14.2 Å². The molecule has 0 aliphatic carbocycles. The number of methoxy groups -OCH3 is 3. The second-order valence-corrected chi connectivity index (χ2v) is 4.95. The lowest BCUT2D eigenvalue weighted by Gasteiger charge is -2.11. The average molecular weight is 346 g/mol. The minimum Gasteiger partial charge on any atom is -0.507 e. The molecule has 0 aromatic heterocycles. The SMILES string of the molecule is COC(=O)c1ccc(OCC(=O)c2ccc(OC)cc2OC)cc1O. The third-order valence-corrected chi connectivity index (χ3v) is 3.45. The summed E-state index contributed by atoms with van der Waals surface area (Å²) in [4.78, 5) is 23.7. The minimum absolute atomic E-state index is 0.0120. The Hall–Kier alpha value is -3.22. The maximum atomic E-state index is 12.3. The van der Waals surface area contributed by atoms with Gasteiger partial charge < -0.3 is 24.1 Å². The van der Waals surface area contributed by atoms with Crippen molar-refractivity contribution in [2.24, 2.45) is 0 Å². The normalized spacial score (nSPS) is 10.0. The Labute approximate surface area is 144 Å². The molecule has 0 bridgehead atoms. The summed E-state index contributed by atoms with van der Waals surface area (Å²) in [7, 11) is 4.19. The van der Waals surface area contributed by atoms with Crippen LogP contribution in [0.1, 0.15) is 20.7 Å². The zero-order valence-electron chi connectivity index (χ0n) is 14.1. The number of carbonyl (C=O) groups is 2. The van der Waals surface area contributed by atoms with Crippen LogP contribution in [0.3, 0.4) is 0 Å². The van der Waals surface area contributed by atoms with Crippen molar-refractivity contribution < 1.29 is 33.6 Å². The lowest BCUT2D eigenvalue weighted by Crippen LogP contribution is -2.13. The number of ether oxygens (including phenoxy) is 4. The second-order valence-electron chi connectivity index (χ2n) is 4.95. The predicted molar refractivity (Wildman–Crippen MR) is 88.8 cm³/mol. The summed E-state index contributed by atoms with van der Waals surface area (Å²) in [6.07, 6.45) is 0. The van der Waals surface area contributed by atoms with E-state index in [-0.39, 0.29) is 29.5 Å². The van der Waals surface area contributed by atoms with E-state index in [2.05, 4.69) is 4.74 Å². The van der Waals surface area contributed by atoms with E-state index in [9.17, 15) is 14.7 Å². The van der Waals surface area contributed by atoms with E-state index >= 15 is 0 Å². The molecule has 0 atom stereocenters. The van der Waals surface area contributed by atoms with E-state index in [1.54, 1.807) is 18.2 Å². The fourth-order valence-electron chi connectivity index (χ4n) is 2.14. The van der Waals surface area contributed by atoms with Gasteiger partial charge in [0, 0.05) is 12.1 Å². The molecule has 25 heavy (non-hydrogen) atoms. The van der Waals surface area contributed by atoms with Crippen LogP contribution in [-0.4, -0.2) is 44.8 Å². The van der Waals surface area contributed by atoms with Crippen molar-refractivity contribution in [1.29, 1.82) is 0 Å². The molecule has 0 heterocycles. The Balaban J connectivity index is 2.10. The highest BCUT2D eigenvalue weighted by molar-refractivity contribution is 6.00. The number of benzene rings is 2. The number of rotatable bonds is 7. The summed E-state index contributed by atoms with van der Waals surface area (Å²) in [6, 6.07) is 8.89.